The molecule has 0 aliphatic rings. The van der Waals surface area contributed by atoms with E-state index in [1.807, 2.05) is 36.1 Å². The van der Waals surface area contributed by atoms with E-state index in [2.05, 4.69) is 10.4 Å². The van der Waals surface area contributed by atoms with Gasteiger partial charge in [0.1, 0.15) is 0 Å². The third kappa shape index (κ3) is 1.83. The van der Waals surface area contributed by atoms with Gasteiger partial charge in [-0.2, -0.15) is 5.10 Å². The lowest BCUT2D eigenvalue weighted by molar-refractivity contribution is -0.119. The molecule has 2 rings (SSSR count). The van der Waals surface area contributed by atoms with Crippen molar-refractivity contribution < 1.29 is 4.79 Å². The number of rotatable bonds is 2. The number of aryl methyl sites for hydroxylation is 1. The summed E-state index contributed by atoms with van der Waals surface area (Å²) in [6.45, 7) is 0. The van der Waals surface area contributed by atoms with Crippen molar-refractivity contribution in [2.75, 3.05) is 7.05 Å². The average Bonchev–Trinajstić information content (AvgIpc) is 2.60. The molecule has 0 atom stereocenters. The van der Waals surface area contributed by atoms with E-state index in [-0.39, 0.29) is 5.91 Å². The number of carbonyl (C=O) groups excluding carboxylic acids is 1. The van der Waals surface area contributed by atoms with Crippen LogP contribution in [0.2, 0.25) is 0 Å². The van der Waals surface area contributed by atoms with Crippen LogP contribution < -0.4 is 5.32 Å². The first-order chi connectivity index (χ1) is 7.20. The fourth-order valence-electron chi connectivity index (χ4n) is 1.60. The van der Waals surface area contributed by atoms with Gasteiger partial charge in [0.2, 0.25) is 5.91 Å². The fourth-order valence-corrected chi connectivity index (χ4v) is 1.60. The van der Waals surface area contributed by atoms with Gasteiger partial charge in [0, 0.05) is 19.5 Å². The zero-order chi connectivity index (χ0) is 10.8. The number of nitrogens with zero attached hydrogens (tertiary/aromatic N) is 2. The zero-order valence-electron chi connectivity index (χ0n) is 8.82. The molecule has 0 aliphatic heterocycles. The molecule has 4 heteroatoms. The topological polar surface area (TPSA) is 46.9 Å². The van der Waals surface area contributed by atoms with Gasteiger partial charge in [0.15, 0.2) is 0 Å². The van der Waals surface area contributed by atoms with E-state index in [1.165, 1.54) is 0 Å². The first-order valence-electron chi connectivity index (χ1n) is 4.82. The molecule has 1 aromatic carbocycles. The molecule has 0 aliphatic carbocycles. The summed E-state index contributed by atoms with van der Waals surface area (Å²) in [6, 6.07) is 5.94. The summed E-state index contributed by atoms with van der Waals surface area (Å²) < 4.78 is 1.82. The van der Waals surface area contributed by atoms with Crippen LogP contribution in [0.3, 0.4) is 0 Å². The molecular weight excluding hydrogens is 190 g/mol. The molecule has 0 saturated heterocycles. The summed E-state index contributed by atoms with van der Waals surface area (Å²) in [6.07, 6.45) is 2.23. The lowest BCUT2D eigenvalue weighted by Gasteiger charge is -2.00. The van der Waals surface area contributed by atoms with Gasteiger partial charge in [0.05, 0.1) is 18.1 Å². The van der Waals surface area contributed by atoms with Gasteiger partial charge in [-0.25, -0.2) is 0 Å². The van der Waals surface area contributed by atoms with Crippen molar-refractivity contribution >= 4 is 16.8 Å². The van der Waals surface area contributed by atoms with E-state index in [9.17, 15) is 4.79 Å². The second kappa shape index (κ2) is 3.73. The summed E-state index contributed by atoms with van der Waals surface area (Å²) in [4.78, 5) is 11.2. The summed E-state index contributed by atoms with van der Waals surface area (Å²) in [5.74, 6) is 0.0261. The van der Waals surface area contributed by atoms with Gasteiger partial charge in [-0.1, -0.05) is 6.07 Å². The van der Waals surface area contributed by atoms with Gasteiger partial charge in [0.25, 0.3) is 0 Å². The van der Waals surface area contributed by atoms with E-state index in [0.717, 1.165) is 16.5 Å². The van der Waals surface area contributed by atoms with Gasteiger partial charge < -0.3 is 5.32 Å². The summed E-state index contributed by atoms with van der Waals surface area (Å²) in [5, 5.41) is 7.83. The molecule has 0 bridgehead atoms. The third-order valence-electron chi connectivity index (χ3n) is 2.45. The van der Waals surface area contributed by atoms with Crippen molar-refractivity contribution in [3.8, 4) is 0 Å². The molecule has 0 unspecified atom stereocenters. The molecule has 15 heavy (non-hydrogen) atoms. The molecule has 1 aromatic heterocycles. The van der Waals surface area contributed by atoms with Crippen molar-refractivity contribution in [3.05, 3.63) is 30.0 Å². The molecule has 4 nitrogen and oxygen atoms in total. The van der Waals surface area contributed by atoms with E-state index in [1.54, 1.807) is 7.05 Å². The minimum Gasteiger partial charge on any atom is -0.359 e. The third-order valence-corrected chi connectivity index (χ3v) is 2.45. The Balaban J connectivity index is 2.35. The Hall–Kier alpha value is -1.84. The fraction of sp³-hybridized carbons (Fsp3) is 0.273. The maximum Gasteiger partial charge on any atom is 0.224 e. The molecule has 2 aromatic rings. The number of aromatic nitrogens is 2. The number of carbonyl (C=O) groups is 1. The van der Waals surface area contributed by atoms with Crippen LogP contribution in [0.25, 0.3) is 10.9 Å². The monoisotopic (exact) mass is 203 g/mol. The minimum atomic E-state index is 0.0261. The van der Waals surface area contributed by atoms with E-state index < -0.39 is 0 Å². The Labute approximate surface area is 87.9 Å². The maximum atomic E-state index is 11.2. The molecule has 0 radical (unpaired) electrons. The van der Waals surface area contributed by atoms with E-state index >= 15 is 0 Å². The summed E-state index contributed by atoms with van der Waals surface area (Å²) in [7, 11) is 3.55. The average molecular weight is 203 g/mol. The first-order valence-corrected chi connectivity index (χ1v) is 4.82. The Morgan fingerprint density at radius 2 is 2.33 bits per heavy atom. The molecule has 0 saturated carbocycles. The number of nitrogens with one attached hydrogen (secondary N) is 1. The molecule has 0 fully saturated rings. The quantitative estimate of drug-likeness (QED) is 0.787. The Kier molecular flexibility index (Phi) is 2.41. The second-order valence-corrected chi connectivity index (χ2v) is 3.51. The highest BCUT2D eigenvalue weighted by atomic mass is 16.1. The van der Waals surface area contributed by atoms with Crippen molar-refractivity contribution in [3.63, 3.8) is 0 Å². The smallest absolute Gasteiger partial charge is 0.224 e. The van der Waals surface area contributed by atoms with Crippen LogP contribution >= 0.6 is 0 Å². The lowest BCUT2D eigenvalue weighted by atomic mass is 10.1. The van der Waals surface area contributed by atoms with Gasteiger partial charge >= 0.3 is 0 Å². The number of amides is 1. The van der Waals surface area contributed by atoms with E-state index in [4.69, 9.17) is 0 Å². The first kappa shape index (κ1) is 9.71. The van der Waals surface area contributed by atoms with Gasteiger partial charge in [-0.3, -0.25) is 9.48 Å². The van der Waals surface area contributed by atoms with Gasteiger partial charge in [-0.15, -0.1) is 0 Å². The summed E-state index contributed by atoms with van der Waals surface area (Å²) in [5.41, 5.74) is 2.09. The molecule has 1 amide bonds. The zero-order valence-corrected chi connectivity index (χ0v) is 8.82. The van der Waals surface area contributed by atoms with Crippen LogP contribution in [0.5, 0.6) is 0 Å². The number of hydrogen-bond acceptors (Lipinski definition) is 2. The van der Waals surface area contributed by atoms with Crippen molar-refractivity contribution in [2.45, 2.75) is 6.42 Å². The van der Waals surface area contributed by atoms with Crippen LogP contribution in [0, 0.1) is 0 Å². The van der Waals surface area contributed by atoms with Crippen LogP contribution in [-0.4, -0.2) is 22.7 Å². The largest absolute Gasteiger partial charge is 0.359 e. The highest BCUT2D eigenvalue weighted by Gasteiger charge is 2.03. The van der Waals surface area contributed by atoms with Crippen LogP contribution in [0.4, 0.5) is 0 Å². The predicted octanol–water partition coefficient (Wildman–Crippen LogP) is 0.862. The SMILES string of the molecule is CNC(=O)Cc1ccc2c(cnn2C)c1. The van der Waals surface area contributed by atoms with Crippen molar-refractivity contribution in [1.82, 2.24) is 15.1 Å². The maximum absolute atomic E-state index is 11.2. The Bertz CT molecular complexity index is 502. The number of likely N-dealkylation sites (N-methyl/N-ethyl adjacent to an activating group) is 1. The lowest BCUT2D eigenvalue weighted by Crippen LogP contribution is -2.19. The molecule has 1 N–H and O–H groups in total. The van der Waals surface area contributed by atoms with E-state index in [0.29, 0.717) is 6.42 Å². The number of fused-ring (bicyclic) bond motifs is 1. The standard InChI is InChI=1S/C11H13N3O/c1-12-11(15)6-8-3-4-10-9(5-8)7-13-14(10)2/h3-5,7H,6H2,1-2H3,(H,12,15). The van der Waals surface area contributed by atoms with Crippen LogP contribution in [0.1, 0.15) is 5.56 Å². The van der Waals surface area contributed by atoms with Crippen molar-refractivity contribution in [1.29, 1.82) is 0 Å². The Morgan fingerprint density at radius 1 is 1.53 bits per heavy atom. The van der Waals surface area contributed by atoms with Crippen molar-refractivity contribution in [2.24, 2.45) is 7.05 Å². The number of hydrogen-bond donors (Lipinski definition) is 1. The minimum absolute atomic E-state index is 0.0261. The second-order valence-electron chi connectivity index (χ2n) is 3.51. The van der Waals surface area contributed by atoms with Gasteiger partial charge in [-0.05, 0) is 17.7 Å². The molecular formula is C11H13N3O. The Morgan fingerprint density at radius 3 is 3.07 bits per heavy atom. The molecule has 0 spiro atoms. The normalized spacial score (nSPS) is 10.5. The summed E-state index contributed by atoms with van der Waals surface area (Å²) >= 11 is 0. The highest BCUT2D eigenvalue weighted by molar-refractivity contribution is 5.83. The number of benzene rings is 1. The highest BCUT2D eigenvalue weighted by Crippen LogP contribution is 2.15. The molecule has 78 valence electrons. The van der Waals surface area contributed by atoms with Crippen LogP contribution in [0.15, 0.2) is 24.4 Å². The molecule has 1 heterocycles. The van der Waals surface area contributed by atoms with Crippen LogP contribution in [-0.2, 0) is 18.3 Å². The predicted molar refractivity (Wildman–Crippen MR) is 58.5 cm³/mol.